The number of carbonyl (C=O) groups excluding carboxylic acids is 3. The molecule has 1 saturated heterocycles. The van der Waals surface area contributed by atoms with Crippen LogP contribution in [-0.2, 0) is 14.3 Å². The summed E-state index contributed by atoms with van der Waals surface area (Å²) in [5.41, 5.74) is 3.56. The first-order chi connectivity index (χ1) is 14.8. The molecule has 2 aromatic rings. The van der Waals surface area contributed by atoms with E-state index in [4.69, 9.17) is 4.74 Å². The molecule has 1 aromatic heterocycles. The Morgan fingerprint density at radius 1 is 1.26 bits per heavy atom. The normalized spacial score (nSPS) is 16.9. The van der Waals surface area contributed by atoms with E-state index in [9.17, 15) is 18.8 Å². The number of aryl methyl sites for hydroxylation is 1. The minimum absolute atomic E-state index is 0.103. The Hall–Kier alpha value is -3.46. The van der Waals surface area contributed by atoms with Crippen molar-refractivity contribution in [1.29, 1.82) is 0 Å². The number of benzene rings is 1. The summed E-state index contributed by atoms with van der Waals surface area (Å²) in [5.74, 6) is -1.31. The molecule has 0 atom stereocenters. The van der Waals surface area contributed by atoms with Crippen molar-refractivity contribution in [1.82, 2.24) is 15.2 Å². The Morgan fingerprint density at radius 2 is 2.00 bits per heavy atom. The number of carbonyl (C=O) groups is 3. The highest BCUT2D eigenvalue weighted by Gasteiger charge is 2.26. The standard InChI is InChI=1S/C22H23FN4O4/c1-12-18(10-16-15-9-14(23)3-4-17(15)26-21(16)29)25-13(2)20(12)22(30)24-11-19(28)27-5-7-31-8-6-27/h3-4,9-10,25H,5-8,11H2,1-2H3,(H,24,30)(H,26,29)/b16-10-. The van der Waals surface area contributed by atoms with Crippen molar-refractivity contribution in [2.75, 3.05) is 38.2 Å². The van der Waals surface area contributed by atoms with E-state index in [-0.39, 0.29) is 24.3 Å². The summed E-state index contributed by atoms with van der Waals surface area (Å²) >= 11 is 0. The quantitative estimate of drug-likeness (QED) is 0.649. The molecule has 2 aliphatic rings. The van der Waals surface area contributed by atoms with Crippen LogP contribution in [0.25, 0.3) is 11.6 Å². The number of ether oxygens (including phenoxy) is 1. The second-order valence-electron chi connectivity index (χ2n) is 7.54. The molecule has 0 radical (unpaired) electrons. The minimum Gasteiger partial charge on any atom is -0.378 e. The zero-order chi connectivity index (χ0) is 22.1. The van der Waals surface area contributed by atoms with Gasteiger partial charge in [0, 0.05) is 35.7 Å². The number of nitrogens with zero attached hydrogens (tertiary/aromatic N) is 1. The number of rotatable bonds is 4. The van der Waals surface area contributed by atoms with Crippen molar-refractivity contribution in [3.63, 3.8) is 0 Å². The van der Waals surface area contributed by atoms with Crippen LogP contribution in [0.3, 0.4) is 0 Å². The number of aromatic nitrogens is 1. The number of nitrogens with one attached hydrogen (secondary N) is 3. The largest absolute Gasteiger partial charge is 0.378 e. The van der Waals surface area contributed by atoms with Crippen LogP contribution in [0.4, 0.5) is 10.1 Å². The zero-order valence-corrected chi connectivity index (χ0v) is 17.3. The van der Waals surface area contributed by atoms with E-state index in [0.29, 0.717) is 65.6 Å². The summed E-state index contributed by atoms with van der Waals surface area (Å²) < 4.78 is 18.9. The second-order valence-corrected chi connectivity index (χ2v) is 7.54. The fourth-order valence-electron chi connectivity index (χ4n) is 3.88. The smallest absolute Gasteiger partial charge is 0.256 e. The Kier molecular flexibility index (Phi) is 5.60. The van der Waals surface area contributed by atoms with Crippen LogP contribution < -0.4 is 10.6 Å². The van der Waals surface area contributed by atoms with Gasteiger partial charge in [-0.1, -0.05) is 0 Å². The van der Waals surface area contributed by atoms with Gasteiger partial charge < -0.3 is 25.3 Å². The maximum absolute atomic E-state index is 13.7. The van der Waals surface area contributed by atoms with Crippen LogP contribution in [0, 0.1) is 19.7 Å². The van der Waals surface area contributed by atoms with E-state index in [1.165, 1.54) is 18.2 Å². The molecular formula is C22H23FN4O4. The average Bonchev–Trinajstić information content (AvgIpc) is 3.21. The molecule has 0 bridgehead atoms. The number of amides is 3. The highest BCUT2D eigenvalue weighted by atomic mass is 19.1. The lowest BCUT2D eigenvalue weighted by Gasteiger charge is -2.26. The predicted octanol–water partition coefficient (Wildman–Crippen LogP) is 1.85. The minimum atomic E-state index is -0.439. The van der Waals surface area contributed by atoms with Gasteiger partial charge in [0.15, 0.2) is 0 Å². The van der Waals surface area contributed by atoms with Crippen molar-refractivity contribution >= 4 is 35.1 Å². The van der Waals surface area contributed by atoms with Gasteiger partial charge in [-0.05, 0) is 43.7 Å². The summed E-state index contributed by atoms with van der Waals surface area (Å²) in [7, 11) is 0. The molecule has 3 heterocycles. The van der Waals surface area contributed by atoms with E-state index in [2.05, 4.69) is 15.6 Å². The summed E-state index contributed by atoms with van der Waals surface area (Å²) in [6, 6.07) is 4.10. The van der Waals surface area contributed by atoms with Gasteiger partial charge >= 0.3 is 0 Å². The first-order valence-corrected chi connectivity index (χ1v) is 10.0. The Balaban J connectivity index is 1.53. The third kappa shape index (κ3) is 4.09. The van der Waals surface area contributed by atoms with Crippen LogP contribution in [0.15, 0.2) is 18.2 Å². The number of hydrogen-bond acceptors (Lipinski definition) is 4. The molecule has 1 fully saturated rings. The molecule has 8 nitrogen and oxygen atoms in total. The number of morpholine rings is 1. The highest BCUT2D eigenvalue weighted by Crippen LogP contribution is 2.34. The molecule has 31 heavy (non-hydrogen) atoms. The fraction of sp³-hybridized carbons (Fsp3) is 0.318. The Bertz CT molecular complexity index is 1100. The van der Waals surface area contributed by atoms with Gasteiger partial charge in [0.2, 0.25) is 5.91 Å². The van der Waals surface area contributed by atoms with Crippen LogP contribution in [0.2, 0.25) is 0 Å². The lowest BCUT2D eigenvalue weighted by molar-refractivity contribution is -0.134. The van der Waals surface area contributed by atoms with Crippen LogP contribution in [0.1, 0.15) is 32.9 Å². The third-order valence-electron chi connectivity index (χ3n) is 5.52. The summed E-state index contributed by atoms with van der Waals surface area (Å²) in [6.45, 7) is 5.42. The van der Waals surface area contributed by atoms with Gasteiger partial charge in [-0.15, -0.1) is 0 Å². The first kappa shape index (κ1) is 20.8. The lowest BCUT2D eigenvalue weighted by atomic mass is 10.0. The highest BCUT2D eigenvalue weighted by molar-refractivity contribution is 6.34. The third-order valence-corrected chi connectivity index (χ3v) is 5.52. The van der Waals surface area contributed by atoms with Gasteiger partial charge in [-0.3, -0.25) is 14.4 Å². The van der Waals surface area contributed by atoms with E-state index >= 15 is 0 Å². The molecule has 9 heteroatoms. The molecule has 0 aliphatic carbocycles. The van der Waals surface area contributed by atoms with Crippen LogP contribution in [0.5, 0.6) is 0 Å². The molecular weight excluding hydrogens is 403 g/mol. The SMILES string of the molecule is Cc1[nH]c(/C=C2\C(=O)Nc3ccc(F)cc32)c(C)c1C(=O)NCC(=O)N1CCOCC1. The van der Waals surface area contributed by atoms with Crippen molar-refractivity contribution in [2.45, 2.75) is 13.8 Å². The van der Waals surface area contributed by atoms with Crippen molar-refractivity contribution < 1.29 is 23.5 Å². The molecule has 2 aliphatic heterocycles. The fourth-order valence-corrected chi connectivity index (χ4v) is 3.88. The van der Waals surface area contributed by atoms with Crippen molar-refractivity contribution in [3.05, 3.63) is 52.1 Å². The number of aromatic amines is 1. The molecule has 0 spiro atoms. The van der Waals surface area contributed by atoms with Crippen molar-refractivity contribution in [2.24, 2.45) is 0 Å². The van der Waals surface area contributed by atoms with E-state index in [1.807, 2.05) is 0 Å². The maximum Gasteiger partial charge on any atom is 0.256 e. The number of anilines is 1. The first-order valence-electron chi connectivity index (χ1n) is 10.0. The maximum atomic E-state index is 13.7. The van der Waals surface area contributed by atoms with Gasteiger partial charge in [-0.25, -0.2) is 4.39 Å². The zero-order valence-electron chi connectivity index (χ0n) is 17.3. The molecule has 3 amide bonds. The Labute approximate surface area is 178 Å². The van der Waals surface area contributed by atoms with E-state index in [1.54, 1.807) is 24.8 Å². The molecule has 0 saturated carbocycles. The number of halogens is 1. The monoisotopic (exact) mass is 426 g/mol. The van der Waals surface area contributed by atoms with Crippen molar-refractivity contribution in [3.8, 4) is 0 Å². The van der Waals surface area contributed by atoms with E-state index < -0.39 is 5.82 Å². The molecule has 3 N–H and O–H groups in total. The summed E-state index contributed by atoms with van der Waals surface area (Å²) in [6.07, 6.45) is 1.61. The topological polar surface area (TPSA) is 104 Å². The summed E-state index contributed by atoms with van der Waals surface area (Å²) in [4.78, 5) is 42.2. The van der Waals surface area contributed by atoms with Crippen LogP contribution >= 0.6 is 0 Å². The molecule has 1 aromatic carbocycles. The molecule has 162 valence electrons. The Morgan fingerprint density at radius 3 is 2.74 bits per heavy atom. The van der Waals surface area contributed by atoms with Gasteiger partial charge in [-0.2, -0.15) is 0 Å². The van der Waals surface area contributed by atoms with E-state index in [0.717, 1.165) is 0 Å². The predicted molar refractivity (Wildman–Crippen MR) is 113 cm³/mol. The molecule has 0 unspecified atom stereocenters. The number of fused-ring (bicyclic) bond motifs is 1. The average molecular weight is 426 g/mol. The van der Waals surface area contributed by atoms with Gasteiger partial charge in [0.25, 0.3) is 11.8 Å². The van der Waals surface area contributed by atoms with Crippen LogP contribution in [-0.4, -0.2) is 60.5 Å². The van der Waals surface area contributed by atoms with Gasteiger partial charge in [0.1, 0.15) is 5.82 Å². The number of H-pyrrole nitrogens is 1. The second kappa shape index (κ2) is 8.35. The number of hydrogen-bond donors (Lipinski definition) is 3. The van der Waals surface area contributed by atoms with Gasteiger partial charge in [0.05, 0.1) is 30.9 Å². The summed E-state index contributed by atoms with van der Waals surface area (Å²) in [5, 5.41) is 5.38. The lowest BCUT2D eigenvalue weighted by Crippen LogP contribution is -2.45. The molecule has 4 rings (SSSR count).